The number of nitro benzene ring substituents is 1. The summed E-state index contributed by atoms with van der Waals surface area (Å²) in [5.41, 5.74) is -0.758. The molecule has 112 valence electrons. The maximum Gasteiger partial charge on any atom is 0.308 e. The Hall–Kier alpha value is -2.35. The number of halogens is 2. The lowest BCUT2D eigenvalue weighted by atomic mass is 10.1. The standard InChI is InChI=1S/C13H13F2N3O3/c14-9-5-10(12(15)11(6-9)18(20)21)13(19)17-7-8-1-3-16-4-2-8/h1,5-6,16H,2-4,7H2,(H,17,19). The van der Waals surface area contributed by atoms with Crippen LogP contribution in [0.1, 0.15) is 16.8 Å². The monoisotopic (exact) mass is 297 g/mol. The second-order valence-corrected chi connectivity index (χ2v) is 4.54. The van der Waals surface area contributed by atoms with E-state index < -0.39 is 33.7 Å². The minimum Gasteiger partial charge on any atom is -0.348 e. The maximum atomic E-state index is 13.8. The highest BCUT2D eigenvalue weighted by atomic mass is 19.1. The Morgan fingerprint density at radius 1 is 1.43 bits per heavy atom. The van der Waals surface area contributed by atoms with Gasteiger partial charge in [0.15, 0.2) is 0 Å². The summed E-state index contributed by atoms with van der Waals surface area (Å²) in [5.74, 6) is -3.25. The van der Waals surface area contributed by atoms with E-state index in [1.165, 1.54) is 0 Å². The third-order valence-electron chi connectivity index (χ3n) is 3.09. The SMILES string of the molecule is O=C(NCC1=CCNCC1)c1cc(F)cc([N+](=O)[O-])c1F. The fourth-order valence-corrected chi connectivity index (χ4v) is 1.99. The van der Waals surface area contributed by atoms with Crippen molar-refractivity contribution in [1.29, 1.82) is 0 Å². The lowest BCUT2D eigenvalue weighted by Gasteiger charge is -2.14. The highest BCUT2D eigenvalue weighted by Crippen LogP contribution is 2.22. The summed E-state index contributed by atoms with van der Waals surface area (Å²) in [4.78, 5) is 21.4. The molecule has 0 aromatic heterocycles. The molecule has 2 rings (SSSR count). The highest BCUT2D eigenvalue weighted by Gasteiger charge is 2.24. The quantitative estimate of drug-likeness (QED) is 0.501. The van der Waals surface area contributed by atoms with Crippen LogP contribution in [0.4, 0.5) is 14.5 Å². The van der Waals surface area contributed by atoms with Gasteiger partial charge in [0.2, 0.25) is 5.82 Å². The molecule has 1 aliphatic rings. The van der Waals surface area contributed by atoms with Gasteiger partial charge in [-0.05, 0) is 19.0 Å². The number of nitro groups is 1. The van der Waals surface area contributed by atoms with Crippen LogP contribution >= 0.6 is 0 Å². The molecule has 0 atom stereocenters. The zero-order valence-corrected chi connectivity index (χ0v) is 11.0. The Morgan fingerprint density at radius 2 is 2.19 bits per heavy atom. The second kappa shape index (κ2) is 6.40. The largest absolute Gasteiger partial charge is 0.348 e. The molecular weight excluding hydrogens is 284 g/mol. The minimum atomic E-state index is -1.34. The van der Waals surface area contributed by atoms with Crippen LogP contribution in [0.15, 0.2) is 23.8 Å². The van der Waals surface area contributed by atoms with Crippen molar-refractivity contribution in [2.24, 2.45) is 0 Å². The first-order chi connectivity index (χ1) is 9.99. The van der Waals surface area contributed by atoms with Crippen LogP contribution in [0.5, 0.6) is 0 Å². The number of amides is 1. The third kappa shape index (κ3) is 3.60. The summed E-state index contributed by atoms with van der Waals surface area (Å²) in [5, 5.41) is 16.1. The molecule has 1 aromatic carbocycles. The summed E-state index contributed by atoms with van der Waals surface area (Å²) >= 11 is 0. The zero-order valence-electron chi connectivity index (χ0n) is 11.0. The van der Waals surface area contributed by atoms with Crippen molar-refractivity contribution in [3.05, 3.63) is 51.1 Å². The molecular formula is C13H13F2N3O3. The molecule has 1 amide bonds. The molecule has 0 aliphatic carbocycles. The number of hydrogen-bond acceptors (Lipinski definition) is 4. The first kappa shape index (κ1) is 15.0. The molecule has 0 bridgehead atoms. The van der Waals surface area contributed by atoms with E-state index >= 15 is 0 Å². The third-order valence-corrected chi connectivity index (χ3v) is 3.09. The maximum absolute atomic E-state index is 13.8. The predicted octanol–water partition coefficient (Wildman–Crippen LogP) is 1.52. The molecule has 0 saturated carbocycles. The first-order valence-corrected chi connectivity index (χ1v) is 6.29. The normalized spacial score (nSPS) is 14.5. The van der Waals surface area contributed by atoms with Gasteiger partial charge in [-0.2, -0.15) is 4.39 Å². The van der Waals surface area contributed by atoms with Crippen molar-refractivity contribution in [2.75, 3.05) is 19.6 Å². The minimum absolute atomic E-state index is 0.199. The molecule has 0 spiro atoms. The van der Waals surface area contributed by atoms with Gasteiger partial charge >= 0.3 is 5.69 Å². The van der Waals surface area contributed by atoms with Crippen LogP contribution in [0.25, 0.3) is 0 Å². The Labute approximate surface area is 119 Å². The number of carbonyl (C=O) groups is 1. The van der Waals surface area contributed by atoms with Crippen molar-refractivity contribution in [3.63, 3.8) is 0 Å². The lowest BCUT2D eigenvalue weighted by molar-refractivity contribution is -0.387. The number of hydrogen-bond donors (Lipinski definition) is 2. The molecule has 0 fully saturated rings. The van der Waals surface area contributed by atoms with Gasteiger partial charge in [-0.3, -0.25) is 14.9 Å². The molecule has 21 heavy (non-hydrogen) atoms. The molecule has 2 N–H and O–H groups in total. The summed E-state index contributed by atoms with van der Waals surface area (Å²) < 4.78 is 27.1. The van der Waals surface area contributed by atoms with Crippen molar-refractivity contribution < 1.29 is 18.5 Å². The van der Waals surface area contributed by atoms with E-state index in [-0.39, 0.29) is 6.54 Å². The van der Waals surface area contributed by atoms with Gasteiger partial charge in [0, 0.05) is 13.1 Å². The van der Waals surface area contributed by atoms with E-state index in [0.29, 0.717) is 18.7 Å². The van der Waals surface area contributed by atoms with Crippen LogP contribution in [0.3, 0.4) is 0 Å². The van der Waals surface area contributed by atoms with Gasteiger partial charge in [0.25, 0.3) is 5.91 Å². The van der Waals surface area contributed by atoms with Crippen LogP contribution in [0.2, 0.25) is 0 Å². The Balaban J connectivity index is 2.15. The summed E-state index contributed by atoms with van der Waals surface area (Å²) in [6.07, 6.45) is 2.64. The van der Waals surface area contributed by atoms with Crippen LogP contribution in [-0.2, 0) is 0 Å². The molecule has 0 radical (unpaired) electrons. The molecule has 1 aromatic rings. The van der Waals surface area contributed by atoms with E-state index in [0.717, 1.165) is 18.5 Å². The Bertz CT molecular complexity index is 617. The first-order valence-electron chi connectivity index (χ1n) is 6.29. The molecule has 6 nitrogen and oxygen atoms in total. The van der Waals surface area contributed by atoms with E-state index in [2.05, 4.69) is 10.6 Å². The van der Waals surface area contributed by atoms with Crippen molar-refractivity contribution in [2.45, 2.75) is 6.42 Å². The fourth-order valence-electron chi connectivity index (χ4n) is 1.99. The number of carbonyl (C=O) groups excluding carboxylic acids is 1. The van der Waals surface area contributed by atoms with E-state index in [4.69, 9.17) is 0 Å². The summed E-state index contributed by atoms with van der Waals surface area (Å²) in [6, 6.07) is 1.09. The molecule has 1 heterocycles. The van der Waals surface area contributed by atoms with Gasteiger partial charge in [-0.1, -0.05) is 11.6 Å². The van der Waals surface area contributed by atoms with Gasteiger partial charge in [-0.15, -0.1) is 0 Å². The average molecular weight is 297 g/mol. The topological polar surface area (TPSA) is 84.3 Å². The second-order valence-electron chi connectivity index (χ2n) is 4.54. The number of nitrogens with zero attached hydrogens (tertiary/aromatic N) is 1. The van der Waals surface area contributed by atoms with Crippen LogP contribution in [-0.4, -0.2) is 30.5 Å². The van der Waals surface area contributed by atoms with Crippen LogP contribution in [0, 0.1) is 21.7 Å². The smallest absolute Gasteiger partial charge is 0.308 e. The van der Waals surface area contributed by atoms with E-state index in [1.807, 2.05) is 6.08 Å². The van der Waals surface area contributed by atoms with Gasteiger partial charge in [-0.25, -0.2) is 4.39 Å². The van der Waals surface area contributed by atoms with E-state index in [1.54, 1.807) is 0 Å². The van der Waals surface area contributed by atoms with Gasteiger partial charge in [0.1, 0.15) is 5.82 Å². The lowest BCUT2D eigenvalue weighted by Crippen LogP contribution is -2.30. The molecule has 0 unspecified atom stereocenters. The van der Waals surface area contributed by atoms with Crippen LogP contribution < -0.4 is 10.6 Å². The summed E-state index contributed by atoms with van der Waals surface area (Å²) in [7, 11) is 0. The zero-order chi connectivity index (χ0) is 15.4. The van der Waals surface area contributed by atoms with Crippen molar-refractivity contribution in [1.82, 2.24) is 10.6 Å². The summed E-state index contributed by atoms with van der Waals surface area (Å²) in [6.45, 7) is 1.66. The Kier molecular flexibility index (Phi) is 4.59. The molecule has 8 heteroatoms. The molecule has 1 aliphatic heterocycles. The predicted molar refractivity (Wildman–Crippen MR) is 70.9 cm³/mol. The van der Waals surface area contributed by atoms with Gasteiger partial charge in [0.05, 0.1) is 16.6 Å². The molecule has 0 saturated heterocycles. The van der Waals surface area contributed by atoms with Crippen molar-refractivity contribution in [3.8, 4) is 0 Å². The van der Waals surface area contributed by atoms with E-state index in [9.17, 15) is 23.7 Å². The van der Waals surface area contributed by atoms with Gasteiger partial charge < -0.3 is 10.6 Å². The van der Waals surface area contributed by atoms with Crippen molar-refractivity contribution >= 4 is 11.6 Å². The average Bonchev–Trinajstić information content (AvgIpc) is 2.47. The fraction of sp³-hybridized carbons (Fsp3) is 0.308. The highest BCUT2D eigenvalue weighted by molar-refractivity contribution is 5.95. The number of rotatable bonds is 4. The Morgan fingerprint density at radius 3 is 2.81 bits per heavy atom. The number of benzene rings is 1. The number of nitrogens with one attached hydrogen (secondary N) is 2.